The van der Waals surface area contributed by atoms with E-state index in [1.807, 2.05) is 6.20 Å². The number of unbranched alkanes of at least 4 members (excludes halogenated alkanes) is 1. The van der Waals surface area contributed by atoms with Crippen molar-refractivity contribution in [2.75, 3.05) is 33.5 Å². The highest BCUT2D eigenvalue weighted by molar-refractivity contribution is 5.79. The van der Waals surface area contributed by atoms with E-state index in [0.717, 1.165) is 32.5 Å². The lowest BCUT2D eigenvalue weighted by Crippen LogP contribution is -2.15. The molecule has 110 valence electrons. The van der Waals surface area contributed by atoms with Crippen LogP contribution in [-0.2, 0) is 16.0 Å². The van der Waals surface area contributed by atoms with E-state index in [-0.39, 0.29) is 0 Å². The summed E-state index contributed by atoms with van der Waals surface area (Å²) < 4.78 is 10.3. The van der Waals surface area contributed by atoms with Crippen molar-refractivity contribution in [3.8, 4) is 0 Å². The Balaban J connectivity index is 1.54. The third-order valence-electron chi connectivity index (χ3n) is 3.27. The Morgan fingerprint density at radius 1 is 1.10 bits per heavy atom. The minimum atomic E-state index is 0.680. The molecule has 0 bridgehead atoms. The zero-order valence-corrected chi connectivity index (χ0v) is 12.2. The minimum Gasteiger partial charge on any atom is -0.382 e. The van der Waals surface area contributed by atoms with Crippen molar-refractivity contribution < 1.29 is 9.47 Å². The smallest absolute Gasteiger partial charge is 0.0700 e. The lowest BCUT2D eigenvalue weighted by atomic mass is 10.1. The maximum Gasteiger partial charge on any atom is 0.0700 e. The lowest BCUT2D eigenvalue weighted by molar-refractivity contribution is 0.0688. The number of nitrogens with one attached hydrogen (secondary N) is 2. The fraction of sp³-hybridized carbons (Fsp3) is 0.500. The lowest BCUT2D eigenvalue weighted by Gasteiger charge is -2.06. The highest BCUT2D eigenvalue weighted by Gasteiger charge is 1.97. The number of hydrogen-bond donors (Lipinski definition) is 2. The topological polar surface area (TPSA) is 46.3 Å². The van der Waals surface area contributed by atoms with Gasteiger partial charge in [-0.3, -0.25) is 0 Å². The van der Waals surface area contributed by atoms with Crippen LogP contribution in [0.15, 0.2) is 30.5 Å². The molecule has 0 amide bonds. The van der Waals surface area contributed by atoms with E-state index in [2.05, 4.69) is 34.6 Å². The largest absolute Gasteiger partial charge is 0.382 e. The zero-order chi connectivity index (χ0) is 14.0. The maximum absolute atomic E-state index is 5.42. The molecule has 0 atom stereocenters. The molecule has 1 aromatic carbocycles. The molecule has 0 saturated carbocycles. The normalized spacial score (nSPS) is 11.2. The number of rotatable bonds is 10. The average Bonchev–Trinajstić information content (AvgIpc) is 2.93. The van der Waals surface area contributed by atoms with E-state index in [9.17, 15) is 0 Å². The first-order valence-electron chi connectivity index (χ1n) is 7.23. The first kappa shape index (κ1) is 15.0. The van der Waals surface area contributed by atoms with Crippen molar-refractivity contribution >= 4 is 10.9 Å². The molecular weight excluding hydrogens is 252 g/mol. The summed E-state index contributed by atoms with van der Waals surface area (Å²) in [5.74, 6) is 0. The minimum absolute atomic E-state index is 0.680. The van der Waals surface area contributed by atoms with Crippen LogP contribution in [0.5, 0.6) is 0 Å². The maximum atomic E-state index is 5.42. The van der Waals surface area contributed by atoms with Gasteiger partial charge in [-0.15, -0.1) is 0 Å². The number of fused-ring (bicyclic) bond motifs is 1. The second-order valence-electron chi connectivity index (χ2n) is 4.89. The van der Waals surface area contributed by atoms with Gasteiger partial charge in [0.2, 0.25) is 0 Å². The Kier molecular flexibility index (Phi) is 6.57. The van der Waals surface area contributed by atoms with E-state index in [1.165, 1.54) is 16.5 Å². The summed E-state index contributed by atoms with van der Waals surface area (Å²) in [6, 6.07) is 8.64. The molecule has 0 unspecified atom stereocenters. The van der Waals surface area contributed by atoms with E-state index < -0.39 is 0 Å². The summed E-state index contributed by atoms with van der Waals surface area (Å²) in [4.78, 5) is 3.21. The van der Waals surface area contributed by atoms with Gasteiger partial charge in [0.1, 0.15) is 0 Å². The van der Waals surface area contributed by atoms with Gasteiger partial charge in [0.05, 0.1) is 13.2 Å². The highest BCUT2D eigenvalue weighted by atomic mass is 16.5. The SMILES string of the molecule is COCCOCCCCNCc1ccc2[nH]ccc2c1. The molecule has 20 heavy (non-hydrogen) atoms. The van der Waals surface area contributed by atoms with Crippen LogP contribution in [0.4, 0.5) is 0 Å². The van der Waals surface area contributed by atoms with Gasteiger partial charge in [-0.05, 0) is 48.5 Å². The van der Waals surface area contributed by atoms with E-state index in [0.29, 0.717) is 13.2 Å². The van der Waals surface area contributed by atoms with Crippen LogP contribution in [-0.4, -0.2) is 38.5 Å². The van der Waals surface area contributed by atoms with Gasteiger partial charge >= 0.3 is 0 Å². The van der Waals surface area contributed by atoms with Gasteiger partial charge in [0.15, 0.2) is 0 Å². The number of methoxy groups -OCH3 is 1. The molecule has 0 aliphatic heterocycles. The van der Waals surface area contributed by atoms with Crippen molar-refractivity contribution in [1.82, 2.24) is 10.3 Å². The number of H-pyrrole nitrogens is 1. The predicted molar refractivity (Wildman–Crippen MR) is 81.9 cm³/mol. The third-order valence-corrected chi connectivity index (χ3v) is 3.27. The van der Waals surface area contributed by atoms with Crippen molar-refractivity contribution in [2.24, 2.45) is 0 Å². The van der Waals surface area contributed by atoms with Gasteiger partial charge in [0.25, 0.3) is 0 Å². The first-order chi connectivity index (χ1) is 9.90. The van der Waals surface area contributed by atoms with Crippen molar-refractivity contribution in [1.29, 1.82) is 0 Å². The van der Waals surface area contributed by atoms with Crippen LogP contribution >= 0.6 is 0 Å². The van der Waals surface area contributed by atoms with Crippen LogP contribution in [0.2, 0.25) is 0 Å². The quantitative estimate of drug-likeness (QED) is 0.656. The molecule has 1 heterocycles. The summed E-state index contributed by atoms with van der Waals surface area (Å²) >= 11 is 0. The number of benzene rings is 1. The van der Waals surface area contributed by atoms with E-state index in [1.54, 1.807) is 7.11 Å². The summed E-state index contributed by atoms with van der Waals surface area (Å²) in [6.07, 6.45) is 4.21. The van der Waals surface area contributed by atoms with Crippen LogP contribution < -0.4 is 5.32 Å². The molecule has 0 aliphatic rings. The molecule has 0 radical (unpaired) electrons. The standard InChI is InChI=1S/C16H24N2O2/c1-19-10-11-20-9-3-2-7-17-13-14-4-5-16-15(12-14)6-8-18-16/h4-6,8,12,17-18H,2-3,7,9-11,13H2,1H3. The predicted octanol–water partition coefficient (Wildman–Crippen LogP) is 2.70. The Morgan fingerprint density at radius 2 is 2.05 bits per heavy atom. The Bertz CT molecular complexity index is 496. The zero-order valence-electron chi connectivity index (χ0n) is 12.2. The van der Waals surface area contributed by atoms with Crippen molar-refractivity contribution in [3.05, 3.63) is 36.0 Å². The van der Waals surface area contributed by atoms with Gasteiger partial charge in [-0.25, -0.2) is 0 Å². The first-order valence-corrected chi connectivity index (χ1v) is 7.23. The van der Waals surface area contributed by atoms with Crippen LogP contribution in [0.1, 0.15) is 18.4 Å². The molecule has 0 saturated heterocycles. The number of hydrogen-bond acceptors (Lipinski definition) is 3. The van der Waals surface area contributed by atoms with Crippen molar-refractivity contribution in [2.45, 2.75) is 19.4 Å². The van der Waals surface area contributed by atoms with Crippen LogP contribution in [0.25, 0.3) is 10.9 Å². The second-order valence-corrected chi connectivity index (χ2v) is 4.89. The molecule has 0 fully saturated rings. The molecule has 1 aromatic heterocycles. The molecule has 2 aromatic rings. The summed E-state index contributed by atoms with van der Waals surface area (Å²) in [7, 11) is 1.69. The monoisotopic (exact) mass is 276 g/mol. The number of aromatic amines is 1. The number of ether oxygens (including phenoxy) is 2. The second kappa shape index (κ2) is 8.74. The van der Waals surface area contributed by atoms with Gasteiger partial charge < -0.3 is 19.8 Å². The molecular formula is C16H24N2O2. The summed E-state index contributed by atoms with van der Waals surface area (Å²) in [5.41, 5.74) is 2.52. The third kappa shape index (κ3) is 4.96. The molecule has 2 rings (SSSR count). The Morgan fingerprint density at radius 3 is 2.95 bits per heavy atom. The fourth-order valence-corrected chi connectivity index (χ4v) is 2.14. The molecule has 0 spiro atoms. The van der Waals surface area contributed by atoms with E-state index in [4.69, 9.17) is 9.47 Å². The highest BCUT2D eigenvalue weighted by Crippen LogP contribution is 2.13. The fourth-order valence-electron chi connectivity index (χ4n) is 2.14. The van der Waals surface area contributed by atoms with Crippen LogP contribution in [0.3, 0.4) is 0 Å². The summed E-state index contributed by atoms with van der Waals surface area (Å²) in [6.45, 7) is 4.14. The van der Waals surface area contributed by atoms with Gasteiger partial charge in [-0.2, -0.15) is 0 Å². The Hall–Kier alpha value is -1.36. The average molecular weight is 276 g/mol. The van der Waals surface area contributed by atoms with E-state index >= 15 is 0 Å². The molecule has 4 heteroatoms. The van der Waals surface area contributed by atoms with Crippen molar-refractivity contribution in [3.63, 3.8) is 0 Å². The summed E-state index contributed by atoms with van der Waals surface area (Å²) in [5, 5.41) is 4.74. The Labute approximate surface area is 120 Å². The molecule has 4 nitrogen and oxygen atoms in total. The van der Waals surface area contributed by atoms with Gasteiger partial charge in [0, 0.05) is 32.0 Å². The van der Waals surface area contributed by atoms with Gasteiger partial charge in [-0.1, -0.05) is 6.07 Å². The molecule has 0 aliphatic carbocycles. The molecule has 2 N–H and O–H groups in total. The number of aromatic nitrogens is 1. The van der Waals surface area contributed by atoms with Crippen LogP contribution in [0, 0.1) is 0 Å².